The molecule has 0 saturated heterocycles. The minimum absolute atomic E-state index is 0.0148. The van der Waals surface area contributed by atoms with E-state index >= 15 is 0 Å². The van der Waals surface area contributed by atoms with Gasteiger partial charge in [-0.15, -0.1) is 0 Å². The van der Waals surface area contributed by atoms with E-state index < -0.39 is 21.7 Å². The van der Waals surface area contributed by atoms with Crippen molar-refractivity contribution in [3.8, 4) is 17.6 Å². The molecular formula is C16H13F2NO3S. The summed E-state index contributed by atoms with van der Waals surface area (Å²) in [7, 11) is -2.72. The Morgan fingerprint density at radius 3 is 2.61 bits per heavy atom. The smallest absolute Gasteiger partial charge is 0.245 e. The third-order valence-corrected chi connectivity index (χ3v) is 4.29. The number of benzene rings is 2. The van der Waals surface area contributed by atoms with Crippen molar-refractivity contribution in [2.45, 2.75) is 4.90 Å². The lowest BCUT2D eigenvalue weighted by Gasteiger charge is -2.09. The highest BCUT2D eigenvalue weighted by molar-refractivity contribution is 7.89. The van der Waals surface area contributed by atoms with E-state index in [0.29, 0.717) is 0 Å². The molecule has 120 valence electrons. The van der Waals surface area contributed by atoms with Crippen molar-refractivity contribution in [2.24, 2.45) is 0 Å². The lowest BCUT2D eigenvalue weighted by molar-refractivity contribution is 0.400. The molecule has 2 rings (SSSR count). The molecule has 2 aromatic rings. The summed E-state index contributed by atoms with van der Waals surface area (Å²) < 4.78 is 58.0. The summed E-state index contributed by atoms with van der Waals surface area (Å²) >= 11 is 0. The van der Waals surface area contributed by atoms with Crippen LogP contribution in [-0.4, -0.2) is 22.1 Å². The summed E-state index contributed by atoms with van der Waals surface area (Å²) in [5.41, 5.74) is 0.162. The van der Waals surface area contributed by atoms with Crippen molar-refractivity contribution in [3.05, 3.63) is 59.7 Å². The van der Waals surface area contributed by atoms with Gasteiger partial charge in [0.1, 0.15) is 22.3 Å². The van der Waals surface area contributed by atoms with E-state index in [-0.39, 0.29) is 22.8 Å². The lowest BCUT2D eigenvalue weighted by atomic mass is 10.2. The van der Waals surface area contributed by atoms with E-state index in [4.69, 9.17) is 4.74 Å². The number of rotatable bonds is 4. The summed E-state index contributed by atoms with van der Waals surface area (Å²) in [4.78, 5) is -0.326. The van der Waals surface area contributed by atoms with Crippen LogP contribution in [0, 0.1) is 23.5 Å². The van der Waals surface area contributed by atoms with Crippen LogP contribution in [0.5, 0.6) is 5.75 Å². The molecular weight excluding hydrogens is 324 g/mol. The number of hydrogen-bond acceptors (Lipinski definition) is 3. The zero-order chi connectivity index (χ0) is 16.9. The minimum atomic E-state index is -4.00. The van der Waals surface area contributed by atoms with Crippen LogP contribution in [0.15, 0.2) is 47.4 Å². The van der Waals surface area contributed by atoms with Gasteiger partial charge in [-0.3, -0.25) is 0 Å². The maximum atomic E-state index is 13.4. The number of halogens is 2. The van der Waals surface area contributed by atoms with Crippen LogP contribution in [0.25, 0.3) is 0 Å². The van der Waals surface area contributed by atoms with E-state index in [1.54, 1.807) is 6.07 Å². The molecule has 0 bridgehead atoms. The summed E-state index contributed by atoms with van der Waals surface area (Å²) in [5, 5.41) is 0. The Bertz CT molecular complexity index is 870. The Morgan fingerprint density at radius 2 is 1.91 bits per heavy atom. The predicted molar refractivity (Wildman–Crippen MR) is 81.4 cm³/mol. The normalized spacial score (nSPS) is 10.7. The van der Waals surface area contributed by atoms with E-state index in [1.807, 2.05) is 0 Å². The van der Waals surface area contributed by atoms with Gasteiger partial charge in [0.25, 0.3) is 0 Å². The van der Waals surface area contributed by atoms with Gasteiger partial charge in [-0.2, -0.15) is 4.72 Å². The monoisotopic (exact) mass is 337 g/mol. The van der Waals surface area contributed by atoms with Crippen molar-refractivity contribution in [2.75, 3.05) is 13.7 Å². The van der Waals surface area contributed by atoms with Crippen LogP contribution in [0.4, 0.5) is 8.78 Å². The summed E-state index contributed by atoms with van der Waals surface area (Å²) in [6, 6.07) is 9.04. The Kier molecular flexibility index (Phi) is 5.32. The van der Waals surface area contributed by atoms with Gasteiger partial charge in [0.05, 0.1) is 19.2 Å². The number of ether oxygens (including phenoxy) is 1. The average molecular weight is 337 g/mol. The molecule has 0 aliphatic rings. The van der Waals surface area contributed by atoms with E-state index in [2.05, 4.69) is 16.6 Å². The third-order valence-electron chi connectivity index (χ3n) is 2.86. The zero-order valence-electron chi connectivity index (χ0n) is 12.1. The van der Waals surface area contributed by atoms with Gasteiger partial charge in [0.2, 0.25) is 10.0 Å². The molecule has 0 atom stereocenters. The molecule has 2 aromatic carbocycles. The maximum absolute atomic E-state index is 13.4. The molecule has 0 aliphatic carbocycles. The van der Waals surface area contributed by atoms with E-state index in [9.17, 15) is 17.2 Å². The molecule has 0 saturated carbocycles. The number of methoxy groups -OCH3 is 1. The van der Waals surface area contributed by atoms with Gasteiger partial charge in [-0.1, -0.05) is 24.0 Å². The molecule has 0 amide bonds. The first-order valence-corrected chi connectivity index (χ1v) is 7.99. The number of nitrogens with one attached hydrogen (secondary N) is 1. The summed E-state index contributed by atoms with van der Waals surface area (Å²) in [5.74, 6) is 3.84. The molecule has 7 heteroatoms. The fourth-order valence-electron chi connectivity index (χ4n) is 1.77. The quantitative estimate of drug-likeness (QED) is 0.871. The van der Waals surface area contributed by atoms with E-state index in [0.717, 1.165) is 12.1 Å². The van der Waals surface area contributed by atoms with Crippen LogP contribution in [0.2, 0.25) is 0 Å². The first-order valence-electron chi connectivity index (χ1n) is 6.50. The average Bonchev–Trinajstić information content (AvgIpc) is 2.53. The standard InChI is InChI=1S/C16H13F2NO3S/c1-22-15-9-8-13(17)11-16(15)23(20,21)19-10-4-6-12-5-2-3-7-14(12)18/h2-3,5,7-9,11,19H,10H2,1H3. The predicted octanol–water partition coefficient (Wildman–Crippen LogP) is 2.30. The molecule has 0 heterocycles. The van der Waals surface area contributed by atoms with Gasteiger partial charge in [0.15, 0.2) is 0 Å². The fourth-order valence-corrected chi connectivity index (χ4v) is 2.87. The first kappa shape index (κ1) is 16.9. The molecule has 0 aromatic heterocycles. The topological polar surface area (TPSA) is 55.4 Å². The first-order chi connectivity index (χ1) is 10.9. The summed E-state index contributed by atoms with van der Waals surface area (Å²) in [6.07, 6.45) is 0. The second-order valence-electron chi connectivity index (χ2n) is 4.40. The Labute approximate surface area is 133 Å². The van der Waals surface area contributed by atoms with Gasteiger partial charge < -0.3 is 4.74 Å². The molecule has 0 unspecified atom stereocenters. The molecule has 4 nitrogen and oxygen atoms in total. The highest BCUT2D eigenvalue weighted by atomic mass is 32.2. The number of hydrogen-bond donors (Lipinski definition) is 1. The van der Waals surface area contributed by atoms with Crippen molar-refractivity contribution >= 4 is 10.0 Å². The Morgan fingerprint density at radius 1 is 1.17 bits per heavy atom. The highest BCUT2D eigenvalue weighted by Crippen LogP contribution is 2.23. The van der Waals surface area contributed by atoms with Gasteiger partial charge >= 0.3 is 0 Å². The SMILES string of the molecule is COc1ccc(F)cc1S(=O)(=O)NCC#Cc1ccccc1F. The third kappa shape index (κ3) is 4.28. The maximum Gasteiger partial charge on any atom is 0.245 e. The van der Waals surface area contributed by atoms with Gasteiger partial charge in [-0.05, 0) is 30.3 Å². The number of sulfonamides is 1. The second-order valence-corrected chi connectivity index (χ2v) is 6.14. The van der Waals surface area contributed by atoms with Crippen molar-refractivity contribution in [3.63, 3.8) is 0 Å². The molecule has 0 radical (unpaired) electrons. The van der Waals surface area contributed by atoms with E-state index in [1.165, 1.54) is 31.4 Å². The molecule has 0 fully saturated rings. The highest BCUT2D eigenvalue weighted by Gasteiger charge is 2.19. The van der Waals surface area contributed by atoms with Gasteiger partial charge in [-0.25, -0.2) is 17.2 Å². The molecule has 0 aliphatic heterocycles. The second kappa shape index (κ2) is 7.22. The van der Waals surface area contributed by atoms with Crippen molar-refractivity contribution in [1.29, 1.82) is 0 Å². The van der Waals surface area contributed by atoms with Crippen LogP contribution in [-0.2, 0) is 10.0 Å². The van der Waals surface area contributed by atoms with Gasteiger partial charge in [0, 0.05) is 0 Å². The van der Waals surface area contributed by atoms with Crippen LogP contribution in [0.3, 0.4) is 0 Å². The van der Waals surface area contributed by atoms with Crippen LogP contribution < -0.4 is 9.46 Å². The van der Waals surface area contributed by atoms with Crippen LogP contribution in [0.1, 0.15) is 5.56 Å². The summed E-state index contributed by atoms with van der Waals surface area (Å²) in [6.45, 7) is -0.254. The molecule has 0 spiro atoms. The zero-order valence-corrected chi connectivity index (χ0v) is 13.0. The minimum Gasteiger partial charge on any atom is -0.495 e. The van der Waals surface area contributed by atoms with Crippen molar-refractivity contribution in [1.82, 2.24) is 4.72 Å². The molecule has 1 N–H and O–H groups in total. The fraction of sp³-hybridized carbons (Fsp3) is 0.125. The van der Waals surface area contributed by atoms with Crippen molar-refractivity contribution < 1.29 is 21.9 Å². The Hall–Kier alpha value is -2.43. The molecule has 23 heavy (non-hydrogen) atoms. The lowest BCUT2D eigenvalue weighted by Crippen LogP contribution is -2.24. The Balaban J connectivity index is 2.15. The largest absolute Gasteiger partial charge is 0.495 e. The van der Waals surface area contributed by atoms with Crippen LogP contribution >= 0.6 is 0 Å².